The summed E-state index contributed by atoms with van der Waals surface area (Å²) in [7, 11) is 5.75. The Kier molecular flexibility index (Phi) is 7.64. The van der Waals surface area contributed by atoms with Crippen molar-refractivity contribution in [1.82, 2.24) is 0 Å². The zero-order valence-corrected chi connectivity index (χ0v) is 16.3. The van der Waals surface area contributed by atoms with Crippen LogP contribution in [0.1, 0.15) is 5.56 Å². The number of amides is 1. The number of halogens is 2. The highest BCUT2D eigenvalue weighted by Crippen LogP contribution is 2.40. The SMILES string of the molecule is COc1cc(/C=C/C(=O)Nc2cc(OC)c(OC)c(OC)c2)ccc1OC(F)F. The van der Waals surface area contributed by atoms with Crippen LogP contribution in [0.2, 0.25) is 0 Å². The number of methoxy groups -OCH3 is 4. The minimum Gasteiger partial charge on any atom is -0.493 e. The van der Waals surface area contributed by atoms with E-state index in [9.17, 15) is 13.6 Å². The number of benzene rings is 2. The van der Waals surface area contributed by atoms with Gasteiger partial charge in [-0.1, -0.05) is 6.07 Å². The molecule has 1 amide bonds. The van der Waals surface area contributed by atoms with Gasteiger partial charge in [0.25, 0.3) is 0 Å². The van der Waals surface area contributed by atoms with E-state index in [0.717, 1.165) is 0 Å². The van der Waals surface area contributed by atoms with Gasteiger partial charge in [-0.05, 0) is 23.8 Å². The van der Waals surface area contributed by atoms with Crippen LogP contribution >= 0.6 is 0 Å². The lowest BCUT2D eigenvalue weighted by Crippen LogP contribution is -2.08. The first kappa shape index (κ1) is 21.8. The maximum Gasteiger partial charge on any atom is 0.387 e. The Labute approximate surface area is 166 Å². The summed E-state index contributed by atoms with van der Waals surface area (Å²) in [5.74, 6) is 0.794. The number of hydrogen-bond donors (Lipinski definition) is 1. The van der Waals surface area contributed by atoms with Crippen molar-refractivity contribution in [3.05, 3.63) is 42.0 Å². The van der Waals surface area contributed by atoms with Gasteiger partial charge in [-0.2, -0.15) is 8.78 Å². The monoisotopic (exact) mass is 409 g/mol. The number of ether oxygens (including phenoxy) is 5. The number of carbonyl (C=O) groups excluding carboxylic acids is 1. The summed E-state index contributed by atoms with van der Waals surface area (Å²) in [5, 5.41) is 2.68. The summed E-state index contributed by atoms with van der Waals surface area (Å²) in [6, 6.07) is 7.51. The molecule has 0 atom stereocenters. The molecule has 1 N–H and O–H groups in total. The molecule has 2 rings (SSSR count). The van der Waals surface area contributed by atoms with Crippen molar-refractivity contribution in [2.75, 3.05) is 33.8 Å². The molecular formula is C20H21F2NO6. The quantitative estimate of drug-likeness (QED) is 0.632. The maximum absolute atomic E-state index is 12.4. The highest BCUT2D eigenvalue weighted by atomic mass is 19.3. The Bertz CT molecular complexity index is 860. The molecule has 0 aromatic heterocycles. The van der Waals surface area contributed by atoms with Crippen LogP contribution in [0.5, 0.6) is 28.7 Å². The molecule has 2 aromatic carbocycles. The van der Waals surface area contributed by atoms with Gasteiger partial charge in [-0.15, -0.1) is 0 Å². The Balaban J connectivity index is 2.15. The number of nitrogens with one attached hydrogen (secondary N) is 1. The van der Waals surface area contributed by atoms with Crippen LogP contribution in [0, 0.1) is 0 Å². The maximum atomic E-state index is 12.4. The molecule has 0 fully saturated rings. The van der Waals surface area contributed by atoms with Gasteiger partial charge < -0.3 is 29.0 Å². The van der Waals surface area contributed by atoms with E-state index in [0.29, 0.717) is 28.5 Å². The summed E-state index contributed by atoms with van der Waals surface area (Å²) >= 11 is 0. The van der Waals surface area contributed by atoms with Crippen molar-refractivity contribution in [2.45, 2.75) is 6.61 Å². The highest BCUT2D eigenvalue weighted by molar-refractivity contribution is 6.02. The van der Waals surface area contributed by atoms with E-state index in [-0.39, 0.29) is 11.5 Å². The third-order valence-corrected chi connectivity index (χ3v) is 3.76. The number of alkyl halides is 2. The van der Waals surface area contributed by atoms with Gasteiger partial charge in [-0.25, -0.2) is 0 Å². The van der Waals surface area contributed by atoms with E-state index in [1.807, 2.05) is 0 Å². The van der Waals surface area contributed by atoms with Crippen molar-refractivity contribution in [3.8, 4) is 28.7 Å². The van der Waals surface area contributed by atoms with E-state index in [1.54, 1.807) is 12.1 Å². The normalized spacial score (nSPS) is 10.7. The second-order valence-electron chi connectivity index (χ2n) is 5.53. The largest absolute Gasteiger partial charge is 0.493 e. The smallest absolute Gasteiger partial charge is 0.387 e. The summed E-state index contributed by atoms with van der Waals surface area (Å²) in [5.41, 5.74) is 0.996. The topological polar surface area (TPSA) is 75.3 Å². The average Bonchev–Trinajstić information content (AvgIpc) is 2.71. The van der Waals surface area contributed by atoms with E-state index >= 15 is 0 Å². The molecule has 0 unspecified atom stereocenters. The lowest BCUT2D eigenvalue weighted by atomic mass is 10.2. The summed E-state index contributed by atoms with van der Waals surface area (Å²) in [4.78, 5) is 12.2. The first-order chi connectivity index (χ1) is 13.9. The van der Waals surface area contributed by atoms with Crippen molar-refractivity contribution >= 4 is 17.7 Å². The molecule has 7 nitrogen and oxygen atoms in total. The molecule has 0 aliphatic rings. The van der Waals surface area contributed by atoms with Crippen molar-refractivity contribution in [1.29, 1.82) is 0 Å². The van der Waals surface area contributed by atoms with Gasteiger partial charge in [0.15, 0.2) is 23.0 Å². The molecule has 0 saturated heterocycles. The van der Waals surface area contributed by atoms with Gasteiger partial charge >= 0.3 is 6.61 Å². The number of hydrogen-bond acceptors (Lipinski definition) is 6. The molecule has 0 bridgehead atoms. The fourth-order valence-electron chi connectivity index (χ4n) is 2.49. The molecule has 0 saturated carbocycles. The third kappa shape index (κ3) is 5.74. The average molecular weight is 409 g/mol. The van der Waals surface area contributed by atoms with E-state index in [2.05, 4.69) is 10.1 Å². The summed E-state index contributed by atoms with van der Waals surface area (Å²) < 4.78 is 49.9. The molecule has 0 aliphatic heterocycles. The minimum atomic E-state index is -2.96. The number of anilines is 1. The van der Waals surface area contributed by atoms with Gasteiger partial charge in [0.2, 0.25) is 11.7 Å². The zero-order valence-electron chi connectivity index (χ0n) is 16.3. The van der Waals surface area contributed by atoms with Crippen LogP contribution in [0.4, 0.5) is 14.5 Å². The number of carbonyl (C=O) groups is 1. The lowest BCUT2D eigenvalue weighted by Gasteiger charge is -2.14. The molecule has 0 radical (unpaired) electrons. The summed E-state index contributed by atoms with van der Waals surface area (Å²) in [6.45, 7) is -2.96. The van der Waals surface area contributed by atoms with Crippen LogP contribution in [0.15, 0.2) is 36.4 Å². The fourth-order valence-corrected chi connectivity index (χ4v) is 2.49. The van der Waals surface area contributed by atoms with Crippen LogP contribution in [0.25, 0.3) is 6.08 Å². The Hall–Kier alpha value is -3.49. The van der Waals surface area contributed by atoms with Crippen molar-refractivity contribution in [3.63, 3.8) is 0 Å². The first-order valence-corrected chi connectivity index (χ1v) is 8.33. The molecule has 156 valence electrons. The zero-order chi connectivity index (χ0) is 21.4. The van der Waals surface area contributed by atoms with Crippen molar-refractivity contribution in [2.24, 2.45) is 0 Å². The second-order valence-corrected chi connectivity index (χ2v) is 5.53. The molecule has 9 heteroatoms. The third-order valence-electron chi connectivity index (χ3n) is 3.76. The predicted molar refractivity (Wildman–Crippen MR) is 103 cm³/mol. The summed E-state index contributed by atoms with van der Waals surface area (Å²) in [6.07, 6.45) is 2.79. The standard InChI is InChI=1S/C20H21F2NO6/c1-25-15-9-12(5-7-14(15)29-20(21)22)6-8-18(24)23-13-10-16(26-2)19(28-4)17(11-13)27-3/h5-11,20H,1-4H3,(H,23,24)/b8-6+. The second kappa shape index (κ2) is 10.2. The van der Waals surface area contributed by atoms with Crippen molar-refractivity contribution < 1.29 is 37.3 Å². The van der Waals surface area contributed by atoms with E-state index < -0.39 is 12.5 Å². The predicted octanol–water partition coefficient (Wildman–Crippen LogP) is 3.97. The lowest BCUT2D eigenvalue weighted by molar-refractivity contribution is -0.111. The van der Waals surface area contributed by atoms with Gasteiger partial charge in [0.05, 0.1) is 28.4 Å². The van der Waals surface area contributed by atoms with Crippen LogP contribution in [0.3, 0.4) is 0 Å². The van der Waals surface area contributed by atoms with Gasteiger partial charge in [-0.3, -0.25) is 4.79 Å². The molecule has 0 aliphatic carbocycles. The molecule has 0 heterocycles. The molecular weight excluding hydrogens is 388 g/mol. The molecule has 0 spiro atoms. The van der Waals surface area contributed by atoms with Crippen LogP contribution < -0.4 is 29.0 Å². The van der Waals surface area contributed by atoms with Gasteiger partial charge in [0, 0.05) is 23.9 Å². The highest BCUT2D eigenvalue weighted by Gasteiger charge is 2.14. The Morgan fingerprint density at radius 3 is 2.03 bits per heavy atom. The Morgan fingerprint density at radius 1 is 0.897 bits per heavy atom. The van der Waals surface area contributed by atoms with Crippen LogP contribution in [-0.4, -0.2) is 41.0 Å². The van der Waals surface area contributed by atoms with Crippen LogP contribution in [-0.2, 0) is 4.79 Å². The molecule has 2 aromatic rings. The van der Waals surface area contributed by atoms with E-state index in [1.165, 1.54) is 58.8 Å². The first-order valence-electron chi connectivity index (χ1n) is 8.33. The number of rotatable bonds is 9. The fraction of sp³-hybridized carbons (Fsp3) is 0.250. The Morgan fingerprint density at radius 2 is 1.52 bits per heavy atom. The minimum absolute atomic E-state index is 0.0958. The van der Waals surface area contributed by atoms with Gasteiger partial charge in [0.1, 0.15) is 0 Å². The molecule has 29 heavy (non-hydrogen) atoms. The van der Waals surface area contributed by atoms with E-state index in [4.69, 9.17) is 18.9 Å².